The molecule has 1 aliphatic heterocycles. The standard InChI is InChI=1S/C61H107NO10/c1-4-7-10-13-16-19-22-25-27-28-30-33-36-39-42-45-48-54(65)60(69)62-52(53(64)47-44-41-38-35-32-29-24-21-18-15-12-9-6-3)51-70-61-59(58(68)57(67)55(50-63)71-61)72-56(66)49-46-43-40-37-34-31-26-23-20-17-14-11-8-5-2/h7,10,16,19,25,27,30,33,39,42,44,47,52-55,57-59,61,63-65,67-68H,4-6,8-9,11-15,17-18,20-24,26,28-29,31-32,34-38,40-41,43,45-46,48-51H2,1-3H3,(H,62,69)/b10-7-,19-16-,27-25-,33-30-,42-39-,47-44+. The highest BCUT2D eigenvalue weighted by Crippen LogP contribution is 2.26. The molecule has 0 aromatic rings. The van der Waals surface area contributed by atoms with E-state index in [4.69, 9.17) is 14.2 Å². The molecule has 416 valence electrons. The Morgan fingerprint density at radius 1 is 0.556 bits per heavy atom. The Kier molecular flexibility index (Phi) is 45.7. The quantitative estimate of drug-likeness (QED) is 0.0195. The van der Waals surface area contributed by atoms with E-state index < -0.39 is 67.4 Å². The number of carbonyl (C=O) groups excluding carboxylic acids is 2. The Morgan fingerprint density at radius 3 is 1.47 bits per heavy atom. The van der Waals surface area contributed by atoms with Crippen LogP contribution in [0.1, 0.15) is 239 Å². The van der Waals surface area contributed by atoms with Crippen molar-refractivity contribution in [1.29, 1.82) is 0 Å². The first-order valence-electron chi connectivity index (χ1n) is 29.2. The summed E-state index contributed by atoms with van der Waals surface area (Å²) in [4.78, 5) is 26.4. The zero-order chi connectivity index (χ0) is 52.5. The third-order valence-corrected chi connectivity index (χ3v) is 13.4. The van der Waals surface area contributed by atoms with Crippen LogP contribution in [0.3, 0.4) is 0 Å². The van der Waals surface area contributed by atoms with Gasteiger partial charge in [-0.15, -0.1) is 0 Å². The summed E-state index contributed by atoms with van der Waals surface area (Å²) in [6.07, 6.45) is 50.9. The second-order valence-corrected chi connectivity index (χ2v) is 20.0. The van der Waals surface area contributed by atoms with Crippen LogP contribution in [0.4, 0.5) is 0 Å². The number of rotatable bonds is 48. The molecule has 11 heteroatoms. The number of esters is 1. The van der Waals surface area contributed by atoms with E-state index in [-0.39, 0.29) is 19.4 Å². The molecule has 1 fully saturated rings. The predicted molar refractivity (Wildman–Crippen MR) is 296 cm³/mol. The van der Waals surface area contributed by atoms with Crippen molar-refractivity contribution >= 4 is 11.9 Å². The number of unbranched alkanes of at least 4 members (excludes halogenated alkanes) is 24. The highest BCUT2D eigenvalue weighted by atomic mass is 16.7. The normalized spacial score (nSPS) is 20.0. The van der Waals surface area contributed by atoms with E-state index >= 15 is 0 Å². The minimum absolute atomic E-state index is 0.117. The van der Waals surface area contributed by atoms with Crippen molar-refractivity contribution < 1.29 is 49.3 Å². The summed E-state index contributed by atoms with van der Waals surface area (Å²) in [5.74, 6) is -1.26. The number of ether oxygens (including phenoxy) is 3. The van der Waals surface area contributed by atoms with Gasteiger partial charge in [0, 0.05) is 6.42 Å². The molecular formula is C61H107NO10. The van der Waals surface area contributed by atoms with E-state index in [1.165, 1.54) is 116 Å². The van der Waals surface area contributed by atoms with Crippen molar-refractivity contribution in [2.75, 3.05) is 13.2 Å². The Morgan fingerprint density at radius 2 is 1.00 bits per heavy atom. The van der Waals surface area contributed by atoms with E-state index in [1.807, 2.05) is 18.2 Å². The molecule has 0 bridgehead atoms. The smallest absolute Gasteiger partial charge is 0.306 e. The monoisotopic (exact) mass is 1010 g/mol. The molecule has 6 N–H and O–H groups in total. The summed E-state index contributed by atoms with van der Waals surface area (Å²) in [6, 6.07) is -1.05. The van der Waals surface area contributed by atoms with Gasteiger partial charge in [0.2, 0.25) is 5.91 Å². The second kappa shape index (κ2) is 49.0. The van der Waals surface area contributed by atoms with Gasteiger partial charge in [-0.1, -0.05) is 241 Å². The fraction of sp³-hybridized carbons (Fsp3) is 0.770. The number of carbonyl (C=O) groups is 2. The van der Waals surface area contributed by atoms with Crippen LogP contribution in [0.2, 0.25) is 0 Å². The molecule has 8 atom stereocenters. The summed E-state index contributed by atoms with van der Waals surface area (Å²) in [5.41, 5.74) is 0. The van der Waals surface area contributed by atoms with Crippen LogP contribution in [0, 0.1) is 0 Å². The van der Waals surface area contributed by atoms with Crippen LogP contribution in [0.15, 0.2) is 72.9 Å². The Hall–Kier alpha value is -2.90. The van der Waals surface area contributed by atoms with Gasteiger partial charge in [-0.05, 0) is 64.2 Å². The Balaban J connectivity index is 2.78. The molecule has 1 saturated heterocycles. The Labute approximate surface area is 439 Å². The first-order valence-corrected chi connectivity index (χ1v) is 29.2. The number of hydrogen-bond acceptors (Lipinski definition) is 10. The molecule has 8 unspecified atom stereocenters. The van der Waals surface area contributed by atoms with Crippen molar-refractivity contribution in [3.63, 3.8) is 0 Å². The summed E-state index contributed by atoms with van der Waals surface area (Å²) < 4.78 is 17.6. The van der Waals surface area contributed by atoms with Crippen molar-refractivity contribution in [2.24, 2.45) is 0 Å². The number of aliphatic hydroxyl groups is 5. The SMILES string of the molecule is CC/C=C\C/C=C\C/C=C\C/C=C\C/C=C\CCC(O)C(=O)NC(COC1OC(CO)C(O)C(O)C1OC(=O)CCCCCCCCCCCCCCCC)C(O)/C=C/CCCCCCCCCCCCC. The lowest BCUT2D eigenvalue weighted by Crippen LogP contribution is -2.61. The van der Waals surface area contributed by atoms with E-state index in [2.05, 4.69) is 74.7 Å². The van der Waals surface area contributed by atoms with E-state index in [9.17, 15) is 35.1 Å². The van der Waals surface area contributed by atoms with Crippen molar-refractivity contribution in [1.82, 2.24) is 5.32 Å². The van der Waals surface area contributed by atoms with Gasteiger partial charge in [0.15, 0.2) is 12.4 Å². The molecular weight excluding hydrogens is 907 g/mol. The second-order valence-electron chi connectivity index (χ2n) is 20.0. The maximum absolute atomic E-state index is 13.4. The van der Waals surface area contributed by atoms with Crippen LogP contribution in [0.25, 0.3) is 0 Å². The fourth-order valence-electron chi connectivity index (χ4n) is 8.74. The molecule has 1 heterocycles. The molecule has 0 aliphatic carbocycles. The molecule has 0 aromatic carbocycles. The van der Waals surface area contributed by atoms with Gasteiger partial charge in [0.1, 0.15) is 24.4 Å². The average molecular weight is 1010 g/mol. The number of amides is 1. The summed E-state index contributed by atoms with van der Waals surface area (Å²) in [6.45, 7) is 5.63. The first-order chi connectivity index (χ1) is 35.2. The third kappa shape index (κ3) is 36.9. The summed E-state index contributed by atoms with van der Waals surface area (Å²) in [7, 11) is 0. The molecule has 1 amide bonds. The number of nitrogens with one attached hydrogen (secondary N) is 1. The molecule has 72 heavy (non-hydrogen) atoms. The molecule has 0 saturated carbocycles. The number of aliphatic hydroxyl groups excluding tert-OH is 5. The van der Waals surface area contributed by atoms with Gasteiger partial charge in [0.25, 0.3) is 0 Å². The molecule has 0 aromatic heterocycles. The van der Waals surface area contributed by atoms with Crippen molar-refractivity contribution in [2.45, 2.75) is 288 Å². The number of allylic oxidation sites excluding steroid dienone is 11. The topological polar surface area (TPSA) is 175 Å². The minimum atomic E-state index is -1.62. The van der Waals surface area contributed by atoms with Crippen LogP contribution in [-0.4, -0.2) is 99.6 Å². The highest BCUT2D eigenvalue weighted by Gasteiger charge is 2.47. The zero-order valence-electron chi connectivity index (χ0n) is 45.8. The van der Waals surface area contributed by atoms with E-state index in [0.717, 1.165) is 77.0 Å². The van der Waals surface area contributed by atoms with E-state index in [0.29, 0.717) is 12.8 Å². The lowest BCUT2D eigenvalue weighted by molar-refractivity contribution is -0.305. The Bertz CT molecular complexity index is 1440. The zero-order valence-corrected chi connectivity index (χ0v) is 45.8. The van der Waals surface area contributed by atoms with Gasteiger partial charge in [0.05, 0.1) is 25.4 Å². The lowest BCUT2D eigenvalue weighted by Gasteiger charge is -2.41. The molecule has 1 aliphatic rings. The van der Waals surface area contributed by atoms with Gasteiger partial charge in [-0.3, -0.25) is 9.59 Å². The molecule has 0 spiro atoms. The largest absolute Gasteiger partial charge is 0.454 e. The van der Waals surface area contributed by atoms with Crippen LogP contribution < -0.4 is 5.32 Å². The molecule has 0 radical (unpaired) electrons. The van der Waals surface area contributed by atoms with Gasteiger partial charge in [-0.2, -0.15) is 0 Å². The summed E-state index contributed by atoms with van der Waals surface area (Å²) in [5, 5.41) is 56.8. The van der Waals surface area contributed by atoms with Gasteiger partial charge >= 0.3 is 5.97 Å². The maximum Gasteiger partial charge on any atom is 0.306 e. The van der Waals surface area contributed by atoms with Gasteiger partial charge < -0.3 is 45.1 Å². The van der Waals surface area contributed by atoms with Crippen LogP contribution >= 0.6 is 0 Å². The maximum atomic E-state index is 13.4. The average Bonchev–Trinajstić information content (AvgIpc) is 3.38. The highest BCUT2D eigenvalue weighted by molar-refractivity contribution is 5.80. The summed E-state index contributed by atoms with van der Waals surface area (Å²) >= 11 is 0. The first kappa shape index (κ1) is 67.1. The van der Waals surface area contributed by atoms with E-state index in [1.54, 1.807) is 6.08 Å². The van der Waals surface area contributed by atoms with Crippen LogP contribution in [-0.2, 0) is 23.8 Å². The molecule has 1 rings (SSSR count). The minimum Gasteiger partial charge on any atom is -0.454 e. The van der Waals surface area contributed by atoms with Crippen LogP contribution in [0.5, 0.6) is 0 Å². The lowest BCUT2D eigenvalue weighted by atomic mass is 9.99. The van der Waals surface area contributed by atoms with Crippen molar-refractivity contribution in [3.8, 4) is 0 Å². The molecule has 11 nitrogen and oxygen atoms in total. The number of hydrogen-bond donors (Lipinski definition) is 6. The predicted octanol–water partition coefficient (Wildman–Crippen LogP) is 13.2. The third-order valence-electron chi connectivity index (χ3n) is 13.4. The fourth-order valence-corrected chi connectivity index (χ4v) is 8.74. The van der Waals surface area contributed by atoms with Crippen molar-refractivity contribution in [3.05, 3.63) is 72.9 Å². The van der Waals surface area contributed by atoms with Gasteiger partial charge in [-0.25, -0.2) is 0 Å².